The first-order valence-corrected chi connectivity index (χ1v) is 9.55. The molecule has 0 radical (unpaired) electrons. The Morgan fingerprint density at radius 1 is 0.870 bits per heavy atom. The van der Waals surface area contributed by atoms with Crippen molar-refractivity contribution in [1.82, 2.24) is 0 Å². The van der Waals surface area contributed by atoms with E-state index in [9.17, 15) is 9.59 Å². The maximum atomic E-state index is 11.7. The number of Topliss-reactive ketones (excluding diaryl/α,β-unsaturated/α-hetero) is 2. The van der Waals surface area contributed by atoms with Gasteiger partial charge in [0.05, 0.1) is 0 Å². The number of hydrogen-bond acceptors (Lipinski definition) is 2. The van der Waals surface area contributed by atoms with Crippen molar-refractivity contribution in [3.8, 4) is 0 Å². The highest BCUT2D eigenvalue weighted by Crippen LogP contribution is 2.35. The summed E-state index contributed by atoms with van der Waals surface area (Å²) in [6, 6.07) is 15.9. The highest BCUT2D eigenvalue weighted by atomic mass is 31.1. The van der Waals surface area contributed by atoms with Gasteiger partial charge in [-0.1, -0.05) is 49.7 Å². The largest absolute Gasteiger partial charge is 0.295 e. The molecule has 0 aliphatic rings. The van der Waals surface area contributed by atoms with E-state index in [1.807, 2.05) is 36.4 Å². The number of carbonyl (C=O) groups excluding carboxylic acids is 2. The van der Waals surface area contributed by atoms with Crippen LogP contribution in [0.1, 0.15) is 54.3 Å². The van der Waals surface area contributed by atoms with Gasteiger partial charge in [0.25, 0.3) is 0 Å². The van der Waals surface area contributed by atoms with Gasteiger partial charge in [-0.3, -0.25) is 9.59 Å². The minimum atomic E-state index is -0.543. The van der Waals surface area contributed by atoms with Crippen molar-refractivity contribution in [2.45, 2.75) is 33.6 Å². The van der Waals surface area contributed by atoms with E-state index in [-0.39, 0.29) is 11.6 Å². The molecule has 0 saturated carbocycles. The molecule has 0 aliphatic heterocycles. The standard InChI is InChI=1S/C20H23O2P/c1-4-5-12-23(19-10-6-8-17(13-19)15(2)21)20-11-7-9-18(14-20)16(3)22/h6-11,13-14H,4-5,12H2,1-3H3. The topological polar surface area (TPSA) is 34.1 Å². The van der Waals surface area contributed by atoms with E-state index in [0.717, 1.165) is 30.1 Å². The van der Waals surface area contributed by atoms with Gasteiger partial charge in [-0.15, -0.1) is 0 Å². The molecule has 0 bridgehead atoms. The highest BCUT2D eigenvalue weighted by Gasteiger charge is 2.15. The van der Waals surface area contributed by atoms with Gasteiger partial charge >= 0.3 is 0 Å². The maximum Gasteiger partial charge on any atom is 0.159 e. The summed E-state index contributed by atoms with van der Waals surface area (Å²) >= 11 is 0. The van der Waals surface area contributed by atoms with Crippen molar-refractivity contribution in [2.75, 3.05) is 6.16 Å². The molecule has 0 aromatic heterocycles. The Morgan fingerprint density at radius 2 is 1.35 bits per heavy atom. The van der Waals surface area contributed by atoms with Crippen LogP contribution in [-0.4, -0.2) is 17.7 Å². The van der Waals surface area contributed by atoms with Gasteiger partial charge in [-0.05, 0) is 57.1 Å². The quantitative estimate of drug-likeness (QED) is 0.561. The van der Waals surface area contributed by atoms with Crippen molar-refractivity contribution in [1.29, 1.82) is 0 Å². The fraction of sp³-hybridized carbons (Fsp3) is 0.300. The molecule has 23 heavy (non-hydrogen) atoms. The second kappa shape index (κ2) is 8.17. The SMILES string of the molecule is CCCCP(c1cccc(C(C)=O)c1)c1cccc(C(C)=O)c1. The smallest absolute Gasteiger partial charge is 0.159 e. The third-order valence-electron chi connectivity index (χ3n) is 3.86. The van der Waals surface area contributed by atoms with E-state index in [2.05, 4.69) is 19.1 Å². The molecular formula is C20H23O2P. The normalized spacial score (nSPS) is 10.8. The summed E-state index contributed by atoms with van der Waals surface area (Å²) in [5.41, 5.74) is 1.52. The third-order valence-corrected chi connectivity index (χ3v) is 6.43. The Labute approximate surface area is 139 Å². The van der Waals surface area contributed by atoms with Crippen LogP contribution in [0, 0.1) is 0 Å². The van der Waals surface area contributed by atoms with Crippen LogP contribution in [0.15, 0.2) is 48.5 Å². The molecule has 0 atom stereocenters. The fourth-order valence-corrected chi connectivity index (χ4v) is 5.08. The van der Waals surface area contributed by atoms with Gasteiger partial charge in [0.1, 0.15) is 0 Å². The van der Waals surface area contributed by atoms with Crippen LogP contribution in [0.25, 0.3) is 0 Å². The third kappa shape index (κ3) is 4.59. The van der Waals surface area contributed by atoms with E-state index >= 15 is 0 Å². The highest BCUT2D eigenvalue weighted by molar-refractivity contribution is 7.73. The molecule has 2 nitrogen and oxygen atoms in total. The van der Waals surface area contributed by atoms with Crippen molar-refractivity contribution in [3.05, 3.63) is 59.7 Å². The molecule has 0 amide bonds. The lowest BCUT2D eigenvalue weighted by Crippen LogP contribution is -2.16. The molecule has 2 rings (SSSR count). The molecule has 120 valence electrons. The van der Waals surface area contributed by atoms with Gasteiger partial charge in [-0.25, -0.2) is 0 Å². The fourth-order valence-electron chi connectivity index (χ4n) is 2.51. The second-order valence-corrected chi connectivity index (χ2v) is 8.05. The van der Waals surface area contributed by atoms with E-state index in [1.165, 1.54) is 10.6 Å². The van der Waals surface area contributed by atoms with E-state index in [1.54, 1.807) is 13.8 Å². The summed E-state index contributed by atoms with van der Waals surface area (Å²) < 4.78 is 0. The monoisotopic (exact) mass is 326 g/mol. The first-order chi connectivity index (χ1) is 11.0. The first-order valence-electron chi connectivity index (χ1n) is 8.02. The predicted octanol–water partition coefficient (Wildman–Crippen LogP) is 4.32. The van der Waals surface area contributed by atoms with Crippen LogP contribution in [0.2, 0.25) is 0 Å². The molecule has 2 aromatic carbocycles. The van der Waals surface area contributed by atoms with Crippen LogP contribution in [0.3, 0.4) is 0 Å². The molecule has 0 heterocycles. The zero-order valence-electron chi connectivity index (χ0n) is 14.0. The number of carbonyl (C=O) groups is 2. The molecule has 0 saturated heterocycles. The molecule has 0 fully saturated rings. The summed E-state index contributed by atoms with van der Waals surface area (Å²) in [5.74, 6) is 0.185. The molecular weight excluding hydrogens is 303 g/mol. The predicted molar refractivity (Wildman–Crippen MR) is 98.9 cm³/mol. The van der Waals surface area contributed by atoms with Gasteiger partial charge in [0.15, 0.2) is 11.6 Å². The first kappa shape index (κ1) is 17.6. The van der Waals surface area contributed by atoms with Gasteiger partial charge in [-0.2, -0.15) is 0 Å². The summed E-state index contributed by atoms with van der Waals surface area (Å²) in [7, 11) is -0.543. The molecule has 2 aromatic rings. The zero-order valence-corrected chi connectivity index (χ0v) is 14.9. The Morgan fingerprint density at radius 3 is 1.74 bits per heavy atom. The summed E-state index contributed by atoms with van der Waals surface area (Å²) in [6.07, 6.45) is 3.35. The van der Waals surface area contributed by atoms with Crippen LogP contribution < -0.4 is 10.6 Å². The molecule has 0 N–H and O–H groups in total. The summed E-state index contributed by atoms with van der Waals surface area (Å²) in [5, 5.41) is 2.42. The molecule has 0 aliphatic carbocycles. The van der Waals surface area contributed by atoms with Crippen LogP contribution in [0.4, 0.5) is 0 Å². The Balaban J connectivity index is 2.44. The number of unbranched alkanes of at least 4 members (excludes halogenated alkanes) is 1. The lowest BCUT2D eigenvalue weighted by Gasteiger charge is -2.19. The lowest BCUT2D eigenvalue weighted by molar-refractivity contribution is 0.100. The number of benzene rings is 2. The summed E-state index contributed by atoms with van der Waals surface area (Å²) in [4.78, 5) is 23.4. The van der Waals surface area contributed by atoms with Crippen LogP contribution in [0.5, 0.6) is 0 Å². The Kier molecular flexibility index (Phi) is 6.24. The van der Waals surface area contributed by atoms with Gasteiger partial charge in [0, 0.05) is 11.1 Å². The lowest BCUT2D eigenvalue weighted by atomic mass is 10.1. The molecule has 0 unspecified atom stereocenters. The van der Waals surface area contributed by atoms with Crippen molar-refractivity contribution < 1.29 is 9.59 Å². The zero-order chi connectivity index (χ0) is 16.8. The van der Waals surface area contributed by atoms with Crippen molar-refractivity contribution >= 4 is 30.1 Å². The van der Waals surface area contributed by atoms with E-state index < -0.39 is 7.92 Å². The molecule has 3 heteroatoms. The number of ketones is 2. The Hall–Kier alpha value is -1.79. The second-order valence-electron chi connectivity index (χ2n) is 5.72. The van der Waals surface area contributed by atoms with Crippen LogP contribution in [-0.2, 0) is 0 Å². The minimum Gasteiger partial charge on any atom is -0.295 e. The van der Waals surface area contributed by atoms with Crippen molar-refractivity contribution in [2.24, 2.45) is 0 Å². The number of rotatable bonds is 7. The average molecular weight is 326 g/mol. The Bertz CT molecular complexity index is 649. The van der Waals surface area contributed by atoms with E-state index in [0.29, 0.717) is 0 Å². The van der Waals surface area contributed by atoms with Crippen molar-refractivity contribution in [3.63, 3.8) is 0 Å². The minimum absolute atomic E-state index is 0.0924. The maximum absolute atomic E-state index is 11.7. The van der Waals surface area contributed by atoms with Gasteiger partial charge < -0.3 is 0 Å². The number of hydrogen-bond donors (Lipinski definition) is 0. The summed E-state index contributed by atoms with van der Waals surface area (Å²) in [6.45, 7) is 5.39. The van der Waals surface area contributed by atoms with Crippen LogP contribution >= 0.6 is 7.92 Å². The van der Waals surface area contributed by atoms with E-state index in [4.69, 9.17) is 0 Å². The van der Waals surface area contributed by atoms with Gasteiger partial charge in [0.2, 0.25) is 0 Å². The average Bonchev–Trinajstić information content (AvgIpc) is 2.55. The molecule has 0 spiro atoms.